The van der Waals surface area contributed by atoms with Gasteiger partial charge < -0.3 is 8.94 Å². The molecule has 2 aromatic heterocycles. The van der Waals surface area contributed by atoms with Gasteiger partial charge in [0.05, 0.1) is 11.4 Å². The number of aromatic nitrogens is 2. The van der Waals surface area contributed by atoms with Crippen LogP contribution in [0.25, 0.3) is 11.5 Å². The van der Waals surface area contributed by atoms with E-state index in [0.717, 1.165) is 34.7 Å². The molecule has 22 heavy (non-hydrogen) atoms. The number of oxazole rings is 1. The normalized spacial score (nSPS) is 11.8. The van der Waals surface area contributed by atoms with E-state index in [1.54, 1.807) is 6.26 Å². The van der Waals surface area contributed by atoms with Crippen LogP contribution in [-0.2, 0) is 11.8 Å². The van der Waals surface area contributed by atoms with E-state index in [2.05, 4.69) is 43.0 Å². The van der Waals surface area contributed by atoms with Crippen molar-refractivity contribution in [2.45, 2.75) is 39.5 Å². The summed E-state index contributed by atoms with van der Waals surface area (Å²) in [5.74, 6) is 1.48. The van der Waals surface area contributed by atoms with E-state index in [4.69, 9.17) is 8.94 Å². The Morgan fingerprint density at radius 2 is 2.00 bits per heavy atom. The lowest BCUT2D eigenvalue weighted by atomic mass is 9.81. The topological polar surface area (TPSA) is 52.1 Å². The molecule has 2 heterocycles. The summed E-state index contributed by atoms with van der Waals surface area (Å²) < 4.78 is 10.8. The molecular weight excluding hydrogens is 276 g/mol. The third-order valence-corrected chi connectivity index (χ3v) is 4.01. The van der Waals surface area contributed by atoms with Gasteiger partial charge in [-0.05, 0) is 31.0 Å². The molecule has 0 N–H and O–H groups in total. The number of hydrogen-bond donors (Lipinski definition) is 0. The zero-order valence-electron chi connectivity index (χ0n) is 13.4. The van der Waals surface area contributed by atoms with E-state index in [1.165, 1.54) is 0 Å². The minimum atomic E-state index is -0.242. The average Bonchev–Trinajstić information content (AvgIpc) is 3.16. The van der Waals surface area contributed by atoms with Crippen molar-refractivity contribution in [3.63, 3.8) is 0 Å². The molecule has 0 saturated carbocycles. The highest BCUT2D eigenvalue weighted by Crippen LogP contribution is 2.33. The Hall–Kier alpha value is -2.36. The fraction of sp³-hybridized carbons (Fsp3) is 0.333. The second kappa shape index (κ2) is 5.44. The molecule has 0 unspecified atom stereocenters. The Balaban J connectivity index is 2.00. The highest BCUT2D eigenvalue weighted by atomic mass is 16.5. The molecule has 4 nitrogen and oxygen atoms in total. The Morgan fingerprint density at radius 1 is 1.18 bits per heavy atom. The maximum atomic E-state index is 5.57. The highest BCUT2D eigenvalue weighted by molar-refractivity contribution is 5.56. The van der Waals surface area contributed by atoms with Gasteiger partial charge in [-0.1, -0.05) is 38.1 Å². The van der Waals surface area contributed by atoms with Gasteiger partial charge in [0.2, 0.25) is 5.89 Å². The Labute approximate surface area is 130 Å². The molecule has 0 saturated heterocycles. The van der Waals surface area contributed by atoms with Crippen LogP contribution in [0, 0.1) is 6.92 Å². The summed E-state index contributed by atoms with van der Waals surface area (Å²) in [4.78, 5) is 4.50. The van der Waals surface area contributed by atoms with Gasteiger partial charge >= 0.3 is 0 Å². The lowest BCUT2D eigenvalue weighted by Crippen LogP contribution is -2.19. The van der Waals surface area contributed by atoms with Crippen LogP contribution >= 0.6 is 0 Å². The maximum Gasteiger partial charge on any atom is 0.226 e. The number of hydrogen-bond acceptors (Lipinski definition) is 4. The van der Waals surface area contributed by atoms with Crippen LogP contribution in [0.1, 0.15) is 43.5 Å². The predicted octanol–water partition coefficient (Wildman–Crippen LogP) is 4.53. The van der Waals surface area contributed by atoms with E-state index < -0.39 is 0 Å². The zero-order chi connectivity index (χ0) is 15.7. The van der Waals surface area contributed by atoms with Crippen LogP contribution in [0.15, 0.2) is 45.5 Å². The van der Waals surface area contributed by atoms with Crippen molar-refractivity contribution in [2.24, 2.45) is 0 Å². The lowest BCUT2D eigenvalue weighted by molar-refractivity contribution is 0.379. The van der Waals surface area contributed by atoms with Gasteiger partial charge in [-0.2, -0.15) is 0 Å². The van der Waals surface area contributed by atoms with Gasteiger partial charge in [0, 0.05) is 17.0 Å². The van der Waals surface area contributed by atoms with Crippen LogP contribution in [0.3, 0.4) is 0 Å². The van der Waals surface area contributed by atoms with Gasteiger partial charge in [-0.15, -0.1) is 0 Å². The fourth-order valence-corrected chi connectivity index (χ4v) is 2.45. The summed E-state index contributed by atoms with van der Waals surface area (Å²) in [5.41, 5.74) is 3.77. The smallest absolute Gasteiger partial charge is 0.226 e. The first-order chi connectivity index (χ1) is 10.5. The SMILES string of the molecule is CCc1coc(-c2cccc(C(C)(C)c3cc(C)on3)c2)n1. The van der Waals surface area contributed by atoms with E-state index in [0.29, 0.717) is 5.89 Å². The molecule has 0 radical (unpaired) electrons. The summed E-state index contributed by atoms with van der Waals surface area (Å²) in [6.45, 7) is 8.24. The first-order valence-corrected chi connectivity index (χ1v) is 7.50. The summed E-state index contributed by atoms with van der Waals surface area (Å²) in [5, 5.41) is 4.17. The number of rotatable bonds is 4. The number of aryl methyl sites for hydroxylation is 2. The van der Waals surface area contributed by atoms with Gasteiger partial charge in [0.1, 0.15) is 12.0 Å². The monoisotopic (exact) mass is 296 g/mol. The molecule has 0 aliphatic rings. The van der Waals surface area contributed by atoms with Crippen molar-refractivity contribution in [3.8, 4) is 11.5 Å². The van der Waals surface area contributed by atoms with Crippen LogP contribution in [0.2, 0.25) is 0 Å². The second-order valence-electron chi connectivity index (χ2n) is 6.03. The van der Waals surface area contributed by atoms with Crippen molar-refractivity contribution in [1.82, 2.24) is 10.1 Å². The van der Waals surface area contributed by atoms with Gasteiger partial charge in [0.25, 0.3) is 0 Å². The molecule has 4 heteroatoms. The first-order valence-electron chi connectivity index (χ1n) is 7.50. The van der Waals surface area contributed by atoms with Gasteiger partial charge in [-0.3, -0.25) is 0 Å². The summed E-state index contributed by atoms with van der Waals surface area (Å²) >= 11 is 0. The zero-order valence-corrected chi connectivity index (χ0v) is 13.4. The van der Waals surface area contributed by atoms with Crippen molar-refractivity contribution >= 4 is 0 Å². The van der Waals surface area contributed by atoms with Gasteiger partial charge in [0.15, 0.2) is 0 Å². The van der Waals surface area contributed by atoms with Crippen LogP contribution < -0.4 is 0 Å². The quantitative estimate of drug-likeness (QED) is 0.710. The molecule has 3 aromatic rings. The minimum Gasteiger partial charge on any atom is -0.444 e. The molecule has 0 aliphatic heterocycles. The Morgan fingerprint density at radius 3 is 2.64 bits per heavy atom. The summed E-state index contributed by atoms with van der Waals surface area (Å²) in [6.07, 6.45) is 2.58. The molecule has 0 bridgehead atoms. The van der Waals surface area contributed by atoms with E-state index in [-0.39, 0.29) is 5.41 Å². The Kier molecular flexibility index (Phi) is 3.61. The van der Waals surface area contributed by atoms with E-state index in [9.17, 15) is 0 Å². The molecule has 0 fully saturated rings. The molecule has 0 atom stereocenters. The van der Waals surface area contributed by atoms with Crippen LogP contribution in [0.4, 0.5) is 0 Å². The molecule has 1 aromatic carbocycles. The molecule has 0 aliphatic carbocycles. The first kappa shape index (κ1) is 14.6. The number of nitrogens with zero attached hydrogens (tertiary/aromatic N) is 2. The largest absolute Gasteiger partial charge is 0.444 e. The Bertz CT molecular complexity index is 784. The third-order valence-electron chi connectivity index (χ3n) is 4.01. The molecule has 0 spiro atoms. The predicted molar refractivity (Wildman–Crippen MR) is 84.7 cm³/mol. The number of benzene rings is 1. The van der Waals surface area contributed by atoms with Crippen LogP contribution in [-0.4, -0.2) is 10.1 Å². The van der Waals surface area contributed by atoms with Crippen LogP contribution in [0.5, 0.6) is 0 Å². The van der Waals surface area contributed by atoms with Crippen molar-refractivity contribution in [2.75, 3.05) is 0 Å². The maximum absolute atomic E-state index is 5.57. The summed E-state index contributed by atoms with van der Waals surface area (Å²) in [7, 11) is 0. The van der Waals surface area contributed by atoms with Crippen molar-refractivity contribution in [1.29, 1.82) is 0 Å². The fourth-order valence-electron chi connectivity index (χ4n) is 2.45. The third kappa shape index (κ3) is 2.56. The minimum absolute atomic E-state index is 0.242. The summed E-state index contributed by atoms with van der Waals surface area (Å²) in [6, 6.07) is 10.2. The molecule has 0 amide bonds. The molecule has 114 valence electrons. The standard InChI is InChI=1S/C18H20N2O2/c1-5-15-11-21-17(19-15)13-7-6-8-14(10-13)18(3,4)16-9-12(2)22-20-16/h6-11H,5H2,1-4H3. The molecule has 3 rings (SSSR count). The van der Waals surface area contributed by atoms with E-state index in [1.807, 2.05) is 25.1 Å². The van der Waals surface area contributed by atoms with Crippen molar-refractivity contribution in [3.05, 3.63) is 59.3 Å². The van der Waals surface area contributed by atoms with Crippen molar-refractivity contribution < 1.29 is 8.94 Å². The average molecular weight is 296 g/mol. The van der Waals surface area contributed by atoms with Gasteiger partial charge in [-0.25, -0.2) is 4.98 Å². The van der Waals surface area contributed by atoms with E-state index >= 15 is 0 Å². The lowest BCUT2D eigenvalue weighted by Gasteiger charge is -2.22. The second-order valence-corrected chi connectivity index (χ2v) is 6.03. The molecular formula is C18H20N2O2. The highest BCUT2D eigenvalue weighted by Gasteiger charge is 2.27.